The molecule has 0 aliphatic carbocycles. The lowest BCUT2D eigenvalue weighted by molar-refractivity contribution is 0.195. The minimum atomic E-state index is 0.752. The first kappa shape index (κ1) is 49.5. The summed E-state index contributed by atoms with van der Waals surface area (Å²) in [4.78, 5) is 13.2. The third-order valence-electron chi connectivity index (χ3n) is 9.79. The van der Waals surface area contributed by atoms with Gasteiger partial charge in [0.05, 0.1) is 0 Å². The molecule has 0 fully saturated rings. The lowest BCUT2D eigenvalue weighted by atomic mass is 10.1. The maximum atomic E-state index is 5.84. The van der Waals surface area contributed by atoms with Gasteiger partial charge in [-0.3, -0.25) is 0 Å². The van der Waals surface area contributed by atoms with Gasteiger partial charge in [-0.1, -0.05) is 19.3 Å². The van der Waals surface area contributed by atoms with Crippen LogP contribution in [-0.4, -0.2) is 168 Å². The molecule has 0 aliphatic heterocycles. The summed E-state index contributed by atoms with van der Waals surface area (Å²) in [5.41, 5.74) is 40.7. The Balaban J connectivity index is 5.16. The molecule has 0 saturated carbocycles. The molecule has 0 aromatic heterocycles. The van der Waals surface area contributed by atoms with Crippen LogP contribution in [0.2, 0.25) is 0 Å². The van der Waals surface area contributed by atoms with E-state index in [1.54, 1.807) is 0 Å². The van der Waals surface area contributed by atoms with Crippen molar-refractivity contribution < 1.29 is 0 Å². The first-order valence-corrected chi connectivity index (χ1v) is 21.1. The maximum absolute atomic E-state index is 5.84. The summed E-state index contributed by atoms with van der Waals surface area (Å²) in [7, 11) is 0. The molecular weight excluding hydrogens is 625 g/mol. The standard InChI is InChI=1S/C38H90N12/c39-17-4-2-1-3-5-24-46(33-14-36-48(27-8-18-40)28-9-19-41)25-6-7-26-47(34-15-37-49(29-10-20-42)30-11-21-43)35-16-38-50(31-12-22-44)32-13-23-45/h1-45H2. The van der Waals surface area contributed by atoms with Crippen molar-refractivity contribution >= 4 is 0 Å². The van der Waals surface area contributed by atoms with Crippen LogP contribution in [0, 0.1) is 0 Å². The summed E-state index contributed by atoms with van der Waals surface area (Å²) in [6.45, 7) is 22.3. The molecule has 0 bridgehead atoms. The van der Waals surface area contributed by atoms with E-state index in [9.17, 15) is 0 Å². The van der Waals surface area contributed by atoms with E-state index in [0.717, 1.165) is 163 Å². The minimum absolute atomic E-state index is 0.752. The van der Waals surface area contributed by atoms with Gasteiger partial charge in [0.1, 0.15) is 0 Å². The SMILES string of the molecule is NCCCCCCCN(CCCCN(CCCN(CCCN)CCCN)CCCN(CCCN)CCCN)CCCN(CCCN)CCCN. The molecule has 14 N–H and O–H groups in total. The molecule has 0 spiro atoms. The molecule has 0 heterocycles. The van der Waals surface area contributed by atoms with Crippen molar-refractivity contribution in [1.82, 2.24) is 24.5 Å². The van der Waals surface area contributed by atoms with E-state index in [0.29, 0.717) is 0 Å². The zero-order valence-electron chi connectivity index (χ0n) is 33.1. The van der Waals surface area contributed by atoms with Gasteiger partial charge in [0.25, 0.3) is 0 Å². The van der Waals surface area contributed by atoms with Crippen LogP contribution in [0.15, 0.2) is 0 Å². The molecule has 0 unspecified atom stereocenters. The summed E-state index contributed by atoms with van der Waals surface area (Å²) >= 11 is 0. The molecule has 0 saturated heterocycles. The highest BCUT2D eigenvalue weighted by Crippen LogP contribution is 2.09. The molecule has 0 atom stereocenters. The van der Waals surface area contributed by atoms with Gasteiger partial charge in [0.15, 0.2) is 0 Å². The Hall–Kier alpha value is -0.480. The van der Waals surface area contributed by atoms with E-state index in [1.807, 2.05) is 0 Å². The second-order valence-corrected chi connectivity index (χ2v) is 14.4. The lowest BCUT2D eigenvalue weighted by Gasteiger charge is -2.28. The van der Waals surface area contributed by atoms with Gasteiger partial charge in [-0.05, 0) is 227 Å². The van der Waals surface area contributed by atoms with Crippen LogP contribution in [0.1, 0.15) is 103 Å². The van der Waals surface area contributed by atoms with Crippen LogP contribution in [0.25, 0.3) is 0 Å². The van der Waals surface area contributed by atoms with Crippen LogP contribution in [0.3, 0.4) is 0 Å². The van der Waals surface area contributed by atoms with E-state index < -0.39 is 0 Å². The van der Waals surface area contributed by atoms with Crippen molar-refractivity contribution in [2.45, 2.75) is 103 Å². The Labute approximate surface area is 310 Å². The van der Waals surface area contributed by atoms with E-state index in [1.165, 1.54) is 84.0 Å². The Morgan fingerprint density at radius 2 is 0.320 bits per heavy atom. The Bertz CT molecular complexity index is 597. The van der Waals surface area contributed by atoms with Crippen LogP contribution < -0.4 is 40.1 Å². The van der Waals surface area contributed by atoms with Crippen LogP contribution in [0.4, 0.5) is 0 Å². The van der Waals surface area contributed by atoms with E-state index >= 15 is 0 Å². The van der Waals surface area contributed by atoms with Crippen molar-refractivity contribution in [3.05, 3.63) is 0 Å². The van der Waals surface area contributed by atoms with E-state index in [2.05, 4.69) is 24.5 Å². The van der Waals surface area contributed by atoms with Gasteiger partial charge in [-0.15, -0.1) is 0 Å². The quantitative estimate of drug-likeness (QED) is 0.0450. The predicted octanol–water partition coefficient (Wildman–Crippen LogP) is 1.45. The van der Waals surface area contributed by atoms with Crippen LogP contribution >= 0.6 is 0 Å². The minimum Gasteiger partial charge on any atom is -0.330 e. The Morgan fingerprint density at radius 1 is 0.160 bits per heavy atom. The number of rotatable bonds is 42. The van der Waals surface area contributed by atoms with Crippen LogP contribution in [0.5, 0.6) is 0 Å². The zero-order valence-corrected chi connectivity index (χ0v) is 33.1. The molecule has 0 aromatic carbocycles. The Kier molecular flexibility index (Phi) is 39.3. The summed E-state index contributed by atoms with van der Waals surface area (Å²) < 4.78 is 0. The molecular formula is C38H90N12. The smallest absolute Gasteiger partial charge is 0.000653 e. The number of nitrogens with zero attached hydrogens (tertiary/aromatic N) is 5. The average molecular weight is 715 g/mol. The highest BCUT2D eigenvalue weighted by molar-refractivity contribution is 4.69. The molecule has 302 valence electrons. The molecule has 0 amide bonds. The largest absolute Gasteiger partial charge is 0.330 e. The number of hydrogen-bond acceptors (Lipinski definition) is 12. The van der Waals surface area contributed by atoms with Crippen molar-refractivity contribution in [1.29, 1.82) is 0 Å². The van der Waals surface area contributed by atoms with Crippen molar-refractivity contribution in [3.8, 4) is 0 Å². The number of unbranched alkanes of at least 4 members (excludes halogenated alkanes) is 5. The van der Waals surface area contributed by atoms with E-state index in [4.69, 9.17) is 40.1 Å². The number of hydrogen-bond donors (Lipinski definition) is 7. The summed E-state index contributed by atoms with van der Waals surface area (Å²) in [5.74, 6) is 0. The zero-order chi connectivity index (χ0) is 36.8. The Morgan fingerprint density at radius 3 is 0.560 bits per heavy atom. The molecule has 12 nitrogen and oxygen atoms in total. The highest BCUT2D eigenvalue weighted by Gasteiger charge is 2.12. The van der Waals surface area contributed by atoms with Crippen molar-refractivity contribution in [2.75, 3.05) is 144 Å². The first-order chi connectivity index (χ1) is 24.6. The molecule has 50 heavy (non-hydrogen) atoms. The van der Waals surface area contributed by atoms with Crippen molar-refractivity contribution in [3.63, 3.8) is 0 Å². The fraction of sp³-hybridized carbons (Fsp3) is 1.00. The summed E-state index contributed by atoms with van der Waals surface area (Å²) in [6, 6.07) is 0. The predicted molar refractivity (Wildman–Crippen MR) is 219 cm³/mol. The fourth-order valence-corrected chi connectivity index (χ4v) is 6.80. The molecule has 0 radical (unpaired) electrons. The van der Waals surface area contributed by atoms with Gasteiger partial charge < -0.3 is 64.6 Å². The first-order valence-electron chi connectivity index (χ1n) is 21.1. The molecule has 12 heteroatoms. The topological polar surface area (TPSA) is 198 Å². The van der Waals surface area contributed by atoms with E-state index in [-0.39, 0.29) is 0 Å². The molecule has 0 aromatic rings. The summed E-state index contributed by atoms with van der Waals surface area (Å²) in [5, 5.41) is 0. The van der Waals surface area contributed by atoms with Gasteiger partial charge >= 0.3 is 0 Å². The van der Waals surface area contributed by atoms with Gasteiger partial charge in [0, 0.05) is 0 Å². The molecule has 0 rings (SSSR count). The van der Waals surface area contributed by atoms with Crippen LogP contribution in [-0.2, 0) is 0 Å². The van der Waals surface area contributed by atoms with Gasteiger partial charge in [0.2, 0.25) is 0 Å². The highest BCUT2D eigenvalue weighted by atomic mass is 15.2. The van der Waals surface area contributed by atoms with Crippen molar-refractivity contribution in [2.24, 2.45) is 40.1 Å². The molecule has 0 aliphatic rings. The summed E-state index contributed by atoms with van der Waals surface area (Å²) in [6.07, 6.45) is 18.8. The normalized spacial score (nSPS) is 12.2. The second-order valence-electron chi connectivity index (χ2n) is 14.4. The average Bonchev–Trinajstić information content (AvgIpc) is 3.13. The third-order valence-corrected chi connectivity index (χ3v) is 9.79. The monoisotopic (exact) mass is 715 g/mol. The second kappa shape index (κ2) is 39.7. The third kappa shape index (κ3) is 32.2. The lowest BCUT2D eigenvalue weighted by Crippen LogP contribution is -2.36. The fourth-order valence-electron chi connectivity index (χ4n) is 6.80. The number of nitrogens with two attached hydrogens (primary N) is 7. The maximum Gasteiger partial charge on any atom is -0.000653 e. The van der Waals surface area contributed by atoms with Gasteiger partial charge in [-0.25, -0.2) is 0 Å². The van der Waals surface area contributed by atoms with Gasteiger partial charge in [-0.2, -0.15) is 0 Å².